The molecule has 3 nitrogen and oxygen atoms in total. The van der Waals surface area contributed by atoms with Crippen molar-refractivity contribution in [2.24, 2.45) is 0 Å². The summed E-state index contributed by atoms with van der Waals surface area (Å²) in [4.78, 5) is 30.1. The van der Waals surface area contributed by atoms with Crippen molar-refractivity contribution in [3.05, 3.63) is 143 Å². The van der Waals surface area contributed by atoms with Crippen LogP contribution in [0.3, 0.4) is 0 Å². The summed E-state index contributed by atoms with van der Waals surface area (Å²) < 4.78 is 0. The first kappa shape index (κ1) is 21.6. The Bertz CT molecular complexity index is 1340. The summed E-state index contributed by atoms with van der Waals surface area (Å²) in [6.07, 6.45) is 0. The van der Waals surface area contributed by atoms with Crippen molar-refractivity contribution in [2.45, 2.75) is 5.92 Å². The molecule has 0 saturated carbocycles. The Morgan fingerprint density at radius 3 is 1.65 bits per heavy atom. The van der Waals surface area contributed by atoms with Gasteiger partial charge in [-0.1, -0.05) is 97.1 Å². The lowest BCUT2D eigenvalue weighted by Gasteiger charge is -2.29. The average molecular weight is 444 g/mol. The van der Waals surface area contributed by atoms with Crippen LogP contribution in [0.25, 0.3) is 5.57 Å². The molecule has 3 heteroatoms. The van der Waals surface area contributed by atoms with Crippen molar-refractivity contribution in [3.63, 3.8) is 0 Å². The van der Waals surface area contributed by atoms with E-state index < -0.39 is 5.92 Å². The van der Waals surface area contributed by atoms with Crippen molar-refractivity contribution >= 4 is 22.8 Å². The van der Waals surface area contributed by atoms with E-state index in [0.717, 1.165) is 28.0 Å². The maximum absolute atomic E-state index is 14.1. The molecule has 1 unspecified atom stereocenters. The fraction of sp³-hybridized carbons (Fsp3) is 0.0968. The quantitative estimate of drug-likeness (QED) is 0.342. The zero-order valence-electron chi connectivity index (χ0n) is 19.2. The number of Topliss-reactive ketones (excluding diaryl/α,β-unsaturated/α-hetero) is 2. The molecule has 0 amide bonds. The van der Waals surface area contributed by atoms with Crippen molar-refractivity contribution in [1.82, 2.24) is 0 Å². The van der Waals surface area contributed by atoms with Gasteiger partial charge in [-0.2, -0.15) is 0 Å². The third-order valence-electron chi connectivity index (χ3n) is 6.37. The molecule has 0 aromatic heterocycles. The van der Waals surface area contributed by atoms with Crippen molar-refractivity contribution in [2.75, 3.05) is 19.0 Å². The fourth-order valence-corrected chi connectivity index (χ4v) is 4.69. The molecule has 1 aliphatic rings. The van der Waals surface area contributed by atoms with Crippen molar-refractivity contribution in [1.29, 1.82) is 0 Å². The molecule has 1 atom stereocenters. The van der Waals surface area contributed by atoms with Crippen molar-refractivity contribution < 1.29 is 9.59 Å². The highest BCUT2D eigenvalue weighted by Crippen LogP contribution is 2.43. The first-order chi connectivity index (χ1) is 16.6. The van der Waals surface area contributed by atoms with Crippen LogP contribution in [0.1, 0.15) is 43.3 Å². The molecule has 0 fully saturated rings. The predicted octanol–water partition coefficient (Wildman–Crippen LogP) is 6.42. The average Bonchev–Trinajstić information content (AvgIpc) is 2.88. The molecular formula is C31H25NO2. The van der Waals surface area contributed by atoms with E-state index in [1.165, 1.54) is 0 Å². The molecular weight excluding hydrogens is 418 g/mol. The molecule has 34 heavy (non-hydrogen) atoms. The number of ketones is 2. The molecule has 0 bridgehead atoms. The van der Waals surface area contributed by atoms with Gasteiger partial charge < -0.3 is 4.90 Å². The van der Waals surface area contributed by atoms with Crippen LogP contribution in [-0.2, 0) is 0 Å². The van der Waals surface area contributed by atoms with Gasteiger partial charge in [-0.15, -0.1) is 0 Å². The minimum atomic E-state index is -0.686. The minimum Gasteiger partial charge on any atom is -0.378 e. The van der Waals surface area contributed by atoms with Gasteiger partial charge in [0.05, 0.1) is 5.92 Å². The van der Waals surface area contributed by atoms with Gasteiger partial charge in [0.2, 0.25) is 0 Å². The van der Waals surface area contributed by atoms with Crippen molar-refractivity contribution in [3.8, 4) is 0 Å². The second kappa shape index (κ2) is 8.95. The van der Waals surface area contributed by atoms with Gasteiger partial charge >= 0.3 is 0 Å². The molecule has 0 spiro atoms. The molecule has 4 aromatic carbocycles. The van der Waals surface area contributed by atoms with Gasteiger partial charge in [-0.05, 0) is 34.4 Å². The molecule has 0 heterocycles. The lowest BCUT2D eigenvalue weighted by molar-refractivity contribution is 0.0916. The van der Waals surface area contributed by atoms with Gasteiger partial charge in [0, 0.05) is 36.5 Å². The molecule has 166 valence electrons. The number of hydrogen-bond acceptors (Lipinski definition) is 3. The maximum Gasteiger partial charge on any atom is 0.191 e. The number of fused-ring (bicyclic) bond motifs is 1. The normalized spacial score (nSPS) is 15.1. The highest BCUT2D eigenvalue weighted by atomic mass is 16.1. The monoisotopic (exact) mass is 443 g/mol. The Morgan fingerprint density at radius 2 is 1.12 bits per heavy atom. The van der Waals surface area contributed by atoms with Crippen LogP contribution < -0.4 is 4.90 Å². The molecule has 0 aliphatic heterocycles. The third-order valence-corrected chi connectivity index (χ3v) is 6.37. The number of carbonyl (C=O) groups is 2. The Kier molecular flexibility index (Phi) is 5.69. The topological polar surface area (TPSA) is 37.4 Å². The summed E-state index contributed by atoms with van der Waals surface area (Å²) in [5.41, 5.74) is 5.97. The lowest BCUT2D eigenvalue weighted by atomic mass is 9.71. The Labute approximate surface area is 200 Å². The molecule has 1 aliphatic carbocycles. The molecule has 5 rings (SSSR count). The van der Waals surface area contributed by atoms with Crippen LogP contribution in [0, 0.1) is 0 Å². The number of hydrogen-bond donors (Lipinski definition) is 0. The van der Waals surface area contributed by atoms with Crippen LogP contribution >= 0.6 is 0 Å². The second-order valence-electron chi connectivity index (χ2n) is 8.68. The third kappa shape index (κ3) is 3.75. The Morgan fingerprint density at radius 1 is 0.618 bits per heavy atom. The summed E-state index contributed by atoms with van der Waals surface area (Å²) in [5.74, 6) is -0.833. The SMILES string of the molecule is CN(C)c1ccc(C2C(=O)c3ccccc3C(=O)C2=C(c2ccccc2)c2ccccc2)cc1. The van der Waals surface area contributed by atoms with E-state index in [0.29, 0.717) is 16.7 Å². The van der Waals surface area contributed by atoms with Gasteiger partial charge in [0.15, 0.2) is 11.6 Å². The van der Waals surface area contributed by atoms with E-state index in [1.807, 2.05) is 116 Å². The zero-order chi connectivity index (χ0) is 23.7. The van der Waals surface area contributed by atoms with E-state index in [9.17, 15) is 9.59 Å². The number of allylic oxidation sites excluding steroid dienone is 1. The number of nitrogens with zero attached hydrogens (tertiary/aromatic N) is 1. The van der Waals surface area contributed by atoms with Crippen LogP contribution in [0.4, 0.5) is 5.69 Å². The minimum absolute atomic E-state index is 0.0489. The zero-order valence-corrected chi connectivity index (χ0v) is 19.2. The van der Waals surface area contributed by atoms with Gasteiger partial charge in [0.25, 0.3) is 0 Å². The highest BCUT2D eigenvalue weighted by molar-refractivity contribution is 6.28. The van der Waals surface area contributed by atoms with Gasteiger partial charge in [-0.3, -0.25) is 9.59 Å². The Hall–Kier alpha value is -4.24. The summed E-state index contributed by atoms with van der Waals surface area (Å²) >= 11 is 0. The van der Waals surface area contributed by atoms with Crippen LogP contribution in [0.5, 0.6) is 0 Å². The lowest BCUT2D eigenvalue weighted by Crippen LogP contribution is -2.29. The predicted molar refractivity (Wildman–Crippen MR) is 138 cm³/mol. The molecule has 4 aromatic rings. The molecule has 0 N–H and O–H groups in total. The van der Waals surface area contributed by atoms with E-state index in [-0.39, 0.29) is 11.6 Å². The molecule has 0 radical (unpaired) electrons. The van der Waals surface area contributed by atoms with Crippen LogP contribution in [0.2, 0.25) is 0 Å². The summed E-state index contributed by atoms with van der Waals surface area (Å²) in [6, 6.07) is 34.8. The standard InChI is InChI=1S/C31H25NO2/c1-32(2)24-19-17-23(18-20-24)28-29(31(34)26-16-10-9-15-25(26)30(28)33)27(21-11-5-3-6-12-21)22-13-7-4-8-14-22/h3-20,28H,1-2H3. The van der Waals surface area contributed by atoms with Crippen LogP contribution in [-0.4, -0.2) is 25.7 Å². The van der Waals surface area contributed by atoms with E-state index >= 15 is 0 Å². The van der Waals surface area contributed by atoms with Crippen LogP contribution in [0.15, 0.2) is 115 Å². The largest absolute Gasteiger partial charge is 0.378 e. The van der Waals surface area contributed by atoms with Gasteiger partial charge in [0.1, 0.15) is 0 Å². The fourth-order valence-electron chi connectivity index (χ4n) is 4.69. The second-order valence-corrected chi connectivity index (χ2v) is 8.68. The highest BCUT2D eigenvalue weighted by Gasteiger charge is 2.40. The summed E-state index contributed by atoms with van der Waals surface area (Å²) in [6.45, 7) is 0. The summed E-state index contributed by atoms with van der Waals surface area (Å²) in [5, 5.41) is 0. The number of benzene rings is 4. The van der Waals surface area contributed by atoms with E-state index in [1.54, 1.807) is 12.1 Å². The molecule has 0 saturated heterocycles. The van der Waals surface area contributed by atoms with E-state index in [4.69, 9.17) is 0 Å². The number of anilines is 1. The number of rotatable bonds is 4. The van der Waals surface area contributed by atoms with Gasteiger partial charge in [-0.25, -0.2) is 0 Å². The maximum atomic E-state index is 14.1. The first-order valence-electron chi connectivity index (χ1n) is 11.4. The smallest absolute Gasteiger partial charge is 0.191 e. The van der Waals surface area contributed by atoms with E-state index in [2.05, 4.69) is 0 Å². The Balaban J connectivity index is 1.84. The summed E-state index contributed by atoms with van der Waals surface area (Å²) in [7, 11) is 3.96. The number of carbonyl (C=O) groups excluding carboxylic acids is 2. The first-order valence-corrected chi connectivity index (χ1v) is 11.4.